The molecule has 0 aliphatic rings. The van der Waals surface area contributed by atoms with Crippen molar-refractivity contribution in [2.45, 2.75) is 13.3 Å². The highest BCUT2D eigenvalue weighted by Crippen LogP contribution is 2.23. The van der Waals surface area contributed by atoms with Gasteiger partial charge in [-0.05, 0) is 42.8 Å². The minimum Gasteiger partial charge on any atom is -0.457 e. The molecule has 2 aromatic carbocycles. The summed E-state index contributed by atoms with van der Waals surface area (Å²) < 4.78 is 5.77. The van der Waals surface area contributed by atoms with Crippen LogP contribution in [0.25, 0.3) is 0 Å². The average molecular weight is 321 g/mol. The fraction of sp³-hybridized carbons (Fsp3) is 0.167. The fourth-order valence-electron chi connectivity index (χ4n) is 2.05. The smallest absolute Gasteiger partial charge is 0.249 e. The van der Waals surface area contributed by atoms with Crippen LogP contribution in [0.1, 0.15) is 13.3 Å². The van der Waals surface area contributed by atoms with Crippen LogP contribution >= 0.6 is 0 Å². The molecule has 0 aliphatic carbocycles. The summed E-state index contributed by atoms with van der Waals surface area (Å²) in [7, 11) is 0. The molecule has 0 fully saturated rings. The van der Waals surface area contributed by atoms with E-state index in [-0.39, 0.29) is 0 Å². The Labute approximate surface area is 140 Å². The number of hydrogen-bond donors (Lipinski definition) is 2. The van der Waals surface area contributed by atoms with Gasteiger partial charge < -0.3 is 15.4 Å². The molecule has 1 heterocycles. The summed E-state index contributed by atoms with van der Waals surface area (Å²) in [4.78, 5) is 4.37. The first kappa shape index (κ1) is 15.7. The van der Waals surface area contributed by atoms with Gasteiger partial charge in [0.15, 0.2) is 5.82 Å². The van der Waals surface area contributed by atoms with Crippen molar-refractivity contribution >= 4 is 17.5 Å². The van der Waals surface area contributed by atoms with E-state index in [1.807, 2.05) is 54.6 Å². The molecule has 3 rings (SSSR count). The van der Waals surface area contributed by atoms with Crippen LogP contribution in [-0.4, -0.2) is 21.7 Å². The molecule has 24 heavy (non-hydrogen) atoms. The first-order chi connectivity index (χ1) is 11.8. The number of ether oxygens (including phenoxy) is 1. The van der Waals surface area contributed by atoms with Gasteiger partial charge >= 0.3 is 0 Å². The van der Waals surface area contributed by atoms with Crippen LogP contribution in [0.4, 0.5) is 17.5 Å². The van der Waals surface area contributed by atoms with Crippen LogP contribution in [0, 0.1) is 0 Å². The van der Waals surface area contributed by atoms with Crippen molar-refractivity contribution < 1.29 is 4.74 Å². The maximum absolute atomic E-state index is 5.77. The molecule has 0 saturated heterocycles. The van der Waals surface area contributed by atoms with Crippen molar-refractivity contribution in [3.05, 3.63) is 60.8 Å². The lowest BCUT2D eigenvalue weighted by Gasteiger charge is -2.08. The molecule has 6 nitrogen and oxygen atoms in total. The Morgan fingerprint density at radius 2 is 1.71 bits per heavy atom. The zero-order valence-electron chi connectivity index (χ0n) is 13.4. The second-order valence-corrected chi connectivity index (χ2v) is 5.16. The van der Waals surface area contributed by atoms with E-state index < -0.39 is 0 Å². The Morgan fingerprint density at radius 3 is 2.46 bits per heavy atom. The molecule has 0 unspecified atom stereocenters. The molecule has 0 radical (unpaired) electrons. The van der Waals surface area contributed by atoms with Gasteiger partial charge in [-0.1, -0.05) is 25.1 Å². The summed E-state index contributed by atoms with van der Waals surface area (Å²) in [6.07, 6.45) is 2.63. The van der Waals surface area contributed by atoms with Gasteiger partial charge in [0.1, 0.15) is 11.5 Å². The van der Waals surface area contributed by atoms with Crippen molar-refractivity contribution in [2.24, 2.45) is 0 Å². The van der Waals surface area contributed by atoms with Crippen LogP contribution in [0.5, 0.6) is 11.5 Å². The molecule has 6 heteroatoms. The van der Waals surface area contributed by atoms with E-state index in [0.29, 0.717) is 11.8 Å². The second kappa shape index (κ2) is 7.92. The van der Waals surface area contributed by atoms with E-state index in [9.17, 15) is 0 Å². The zero-order valence-corrected chi connectivity index (χ0v) is 13.4. The Morgan fingerprint density at radius 1 is 0.958 bits per heavy atom. The molecule has 0 amide bonds. The van der Waals surface area contributed by atoms with E-state index in [2.05, 4.69) is 32.7 Å². The topological polar surface area (TPSA) is 72.0 Å². The van der Waals surface area contributed by atoms with Gasteiger partial charge in [-0.25, -0.2) is 0 Å². The molecule has 0 saturated carbocycles. The Kier molecular flexibility index (Phi) is 5.19. The highest BCUT2D eigenvalue weighted by Gasteiger charge is 2.02. The van der Waals surface area contributed by atoms with Gasteiger partial charge in [-0.3, -0.25) is 0 Å². The highest BCUT2D eigenvalue weighted by atomic mass is 16.5. The van der Waals surface area contributed by atoms with Crippen molar-refractivity contribution in [3.8, 4) is 11.5 Å². The lowest BCUT2D eigenvalue weighted by atomic mass is 10.3. The van der Waals surface area contributed by atoms with Crippen LogP contribution in [0.15, 0.2) is 60.8 Å². The number of benzene rings is 2. The Bertz CT molecular complexity index is 762. The van der Waals surface area contributed by atoms with Gasteiger partial charge in [0.25, 0.3) is 0 Å². The molecule has 0 atom stereocenters. The van der Waals surface area contributed by atoms with Crippen molar-refractivity contribution in [1.29, 1.82) is 0 Å². The average Bonchev–Trinajstić information content (AvgIpc) is 2.63. The lowest BCUT2D eigenvalue weighted by molar-refractivity contribution is 0.483. The standard InChI is InChI=1S/C18H19N5O/c1-2-12-19-17-13-20-23-18(22-17)21-14-8-10-16(11-9-14)24-15-6-4-3-5-7-15/h3-11,13H,2,12H2,1H3,(H2,19,21,22,23). The molecule has 3 aromatic rings. The van der Waals surface area contributed by atoms with Crippen molar-refractivity contribution in [3.63, 3.8) is 0 Å². The monoisotopic (exact) mass is 321 g/mol. The maximum atomic E-state index is 5.77. The predicted molar refractivity (Wildman–Crippen MR) is 94.8 cm³/mol. The predicted octanol–water partition coefficient (Wildman–Crippen LogP) is 4.23. The SMILES string of the molecule is CCCNc1cnnc(Nc2ccc(Oc3ccccc3)cc2)n1. The van der Waals surface area contributed by atoms with Gasteiger partial charge in [0.2, 0.25) is 5.95 Å². The molecule has 1 aromatic heterocycles. The van der Waals surface area contributed by atoms with Crippen LogP contribution in [0.3, 0.4) is 0 Å². The maximum Gasteiger partial charge on any atom is 0.249 e. The third-order valence-corrected chi connectivity index (χ3v) is 3.20. The molecule has 0 aliphatic heterocycles. The number of rotatable bonds is 7. The number of nitrogens with one attached hydrogen (secondary N) is 2. The highest BCUT2D eigenvalue weighted by molar-refractivity contribution is 5.55. The minimum absolute atomic E-state index is 0.452. The van der Waals surface area contributed by atoms with E-state index >= 15 is 0 Å². The van der Waals surface area contributed by atoms with Gasteiger partial charge in [-0.15, -0.1) is 5.10 Å². The fourth-order valence-corrected chi connectivity index (χ4v) is 2.05. The minimum atomic E-state index is 0.452. The number of para-hydroxylation sites is 1. The van der Waals surface area contributed by atoms with E-state index in [0.717, 1.165) is 30.2 Å². The van der Waals surface area contributed by atoms with E-state index in [1.54, 1.807) is 6.20 Å². The molecule has 122 valence electrons. The summed E-state index contributed by atoms with van der Waals surface area (Å²) in [6, 6.07) is 17.3. The number of anilines is 3. The summed E-state index contributed by atoms with van der Waals surface area (Å²) in [5.41, 5.74) is 0.866. The lowest BCUT2D eigenvalue weighted by Crippen LogP contribution is -2.06. The molecule has 0 bridgehead atoms. The van der Waals surface area contributed by atoms with E-state index in [1.165, 1.54) is 0 Å². The second-order valence-electron chi connectivity index (χ2n) is 5.16. The summed E-state index contributed by atoms with van der Waals surface area (Å²) in [6.45, 7) is 2.95. The van der Waals surface area contributed by atoms with Crippen molar-refractivity contribution in [1.82, 2.24) is 15.2 Å². The zero-order chi connectivity index (χ0) is 16.6. The third-order valence-electron chi connectivity index (χ3n) is 3.20. The largest absolute Gasteiger partial charge is 0.457 e. The summed E-state index contributed by atoms with van der Waals surface area (Å²) in [5, 5.41) is 14.2. The van der Waals surface area contributed by atoms with Crippen molar-refractivity contribution in [2.75, 3.05) is 17.2 Å². The summed E-state index contributed by atoms with van der Waals surface area (Å²) in [5.74, 6) is 2.73. The van der Waals surface area contributed by atoms with Gasteiger partial charge in [0, 0.05) is 12.2 Å². The molecular weight excluding hydrogens is 302 g/mol. The van der Waals surface area contributed by atoms with Gasteiger partial charge in [-0.2, -0.15) is 10.1 Å². The summed E-state index contributed by atoms with van der Waals surface area (Å²) >= 11 is 0. The first-order valence-corrected chi connectivity index (χ1v) is 7.87. The number of nitrogens with zero attached hydrogens (tertiary/aromatic N) is 3. The van der Waals surface area contributed by atoms with E-state index in [4.69, 9.17) is 4.74 Å². The number of aromatic nitrogens is 3. The van der Waals surface area contributed by atoms with Crippen LogP contribution in [-0.2, 0) is 0 Å². The molecular formula is C18H19N5O. The molecule has 2 N–H and O–H groups in total. The van der Waals surface area contributed by atoms with Gasteiger partial charge in [0.05, 0.1) is 6.20 Å². The quantitative estimate of drug-likeness (QED) is 0.678. The Balaban J connectivity index is 1.64. The number of hydrogen-bond acceptors (Lipinski definition) is 6. The third kappa shape index (κ3) is 4.42. The van der Waals surface area contributed by atoms with Crippen LogP contribution in [0.2, 0.25) is 0 Å². The normalized spacial score (nSPS) is 10.2. The Hall–Kier alpha value is -3.15. The molecule has 0 spiro atoms. The van der Waals surface area contributed by atoms with Crippen LogP contribution < -0.4 is 15.4 Å². The first-order valence-electron chi connectivity index (χ1n) is 7.87.